The molecule has 0 unspecified atom stereocenters. The second-order valence-corrected chi connectivity index (χ2v) is 5.60. The SMILES string of the molecule is Nc1ccc(C(=O)N2CC[C@H]3OCc4cnnn4[C@H]3C2)cn1. The molecule has 8 nitrogen and oxygen atoms in total. The van der Waals surface area contributed by atoms with Crippen LogP contribution < -0.4 is 5.73 Å². The van der Waals surface area contributed by atoms with Crippen molar-refractivity contribution in [2.75, 3.05) is 18.8 Å². The lowest BCUT2D eigenvalue weighted by molar-refractivity contribution is -0.0605. The Balaban J connectivity index is 1.56. The Kier molecular flexibility index (Phi) is 3.04. The van der Waals surface area contributed by atoms with E-state index in [0.717, 1.165) is 12.1 Å². The third-order valence-corrected chi connectivity index (χ3v) is 4.25. The molecule has 8 heteroatoms. The number of fused-ring (bicyclic) bond motifs is 3. The van der Waals surface area contributed by atoms with E-state index in [0.29, 0.717) is 31.1 Å². The smallest absolute Gasteiger partial charge is 0.255 e. The van der Waals surface area contributed by atoms with E-state index in [1.807, 2.05) is 9.58 Å². The fourth-order valence-electron chi connectivity index (χ4n) is 3.08. The van der Waals surface area contributed by atoms with E-state index in [9.17, 15) is 4.79 Å². The first-order chi connectivity index (χ1) is 10.7. The summed E-state index contributed by atoms with van der Waals surface area (Å²) in [6.07, 6.45) is 4.10. The Morgan fingerprint density at radius 3 is 3.09 bits per heavy atom. The van der Waals surface area contributed by atoms with Gasteiger partial charge in [-0.2, -0.15) is 0 Å². The number of rotatable bonds is 1. The van der Waals surface area contributed by atoms with Crippen molar-refractivity contribution in [1.82, 2.24) is 24.9 Å². The summed E-state index contributed by atoms with van der Waals surface area (Å²) >= 11 is 0. The molecule has 2 N–H and O–H groups in total. The van der Waals surface area contributed by atoms with Gasteiger partial charge in [-0.3, -0.25) is 4.79 Å². The van der Waals surface area contributed by atoms with Crippen LogP contribution in [-0.2, 0) is 11.3 Å². The molecule has 2 aliphatic rings. The second-order valence-electron chi connectivity index (χ2n) is 5.60. The molecule has 0 bridgehead atoms. The van der Waals surface area contributed by atoms with Crippen LogP contribution in [0.5, 0.6) is 0 Å². The number of carbonyl (C=O) groups excluding carboxylic acids is 1. The molecule has 114 valence electrons. The highest BCUT2D eigenvalue weighted by Gasteiger charge is 2.38. The quantitative estimate of drug-likeness (QED) is 0.810. The monoisotopic (exact) mass is 300 g/mol. The van der Waals surface area contributed by atoms with Gasteiger partial charge in [-0.15, -0.1) is 5.10 Å². The minimum Gasteiger partial charge on any atom is -0.384 e. The molecule has 1 amide bonds. The van der Waals surface area contributed by atoms with Crippen LogP contribution in [-0.4, -0.2) is 50.0 Å². The van der Waals surface area contributed by atoms with Crippen LogP contribution in [0.2, 0.25) is 0 Å². The van der Waals surface area contributed by atoms with Crippen molar-refractivity contribution in [3.63, 3.8) is 0 Å². The zero-order chi connectivity index (χ0) is 15.1. The van der Waals surface area contributed by atoms with Gasteiger partial charge < -0.3 is 15.4 Å². The number of piperidine rings is 1. The lowest BCUT2D eigenvalue weighted by Gasteiger charge is -2.40. The molecule has 0 aliphatic carbocycles. The van der Waals surface area contributed by atoms with Crippen molar-refractivity contribution in [2.45, 2.75) is 25.2 Å². The highest BCUT2D eigenvalue weighted by Crippen LogP contribution is 2.30. The second kappa shape index (κ2) is 5.06. The topological polar surface area (TPSA) is 99.2 Å². The van der Waals surface area contributed by atoms with Gasteiger partial charge in [-0.1, -0.05) is 5.21 Å². The first-order valence-corrected chi connectivity index (χ1v) is 7.24. The Hall–Kier alpha value is -2.48. The molecule has 2 aromatic rings. The third kappa shape index (κ3) is 2.12. The van der Waals surface area contributed by atoms with Gasteiger partial charge in [-0.05, 0) is 18.6 Å². The van der Waals surface area contributed by atoms with Gasteiger partial charge in [0.05, 0.1) is 36.2 Å². The number of carbonyl (C=O) groups is 1. The number of likely N-dealkylation sites (tertiary alicyclic amines) is 1. The van der Waals surface area contributed by atoms with Crippen LogP contribution in [0.15, 0.2) is 24.5 Å². The zero-order valence-corrected chi connectivity index (χ0v) is 11.9. The number of anilines is 1. The van der Waals surface area contributed by atoms with Gasteiger partial charge in [0, 0.05) is 19.3 Å². The molecule has 0 spiro atoms. The summed E-state index contributed by atoms with van der Waals surface area (Å²) in [6.45, 7) is 1.75. The number of ether oxygens (including phenoxy) is 1. The molecule has 0 aromatic carbocycles. The van der Waals surface area contributed by atoms with E-state index in [-0.39, 0.29) is 18.1 Å². The van der Waals surface area contributed by atoms with Crippen LogP contribution >= 0.6 is 0 Å². The first-order valence-electron chi connectivity index (χ1n) is 7.24. The van der Waals surface area contributed by atoms with Crippen LogP contribution in [0, 0.1) is 0 Å². The normalized spacial score (nSPS) is 23.7. The molecular formula is C14H16N6O2. The number of amides is 1. The third-order valence-electron chi connectivity index (χ3n) is 4.25. The van der Waals surface area contributed by atoms with E-state index >= 15 is 0 Å². The highest BCUT2D eigenvalue weighted by molar-refractivity contribution is 5.94. The highest BCUT2D eigenvalue weighted by atomic mass is 16.5. The summed E-state index contributed by atoms with van der Waals surface area (Å²) < 4.78 is 7.73. The van der Waals surface area contributed by atoms with Crippen molar-refractivity contribution in [2.24, 2.45) is 0 Å². The predicted octanol–water partition coefficient (Wildman–Crippen LogP) is 0.241. The summed E-state index contributed by atoms with van der Waals surface area (Å²) in [7, 11) is 0. The molecule has 1 fully saturated rings. The lowest BCUT2D eigenvalue weighted by atomic mass is 10.00. The molecule has 2 aromatic heterocycles. The van der Waals surface area contributed by atoms with Crippen LogP contribution in [0.1, 0.15) is 28.5 Å². The zero-order valence-electron chi connectivity index (χ0n) is 11.9. The van der Waals surface area contributed by atoms with Crippen molar-refractivity contribution < 1.29 is 9.53 Å². The van der Waals surface area contributed by atoms with Crippen molar-refractivity contribution in [3.05, 3.63) is 35.8 Å². The molecule has 2 atom stereocenters. The molecule has 0 radical (unpaired) electrons. The summed E-state index contributed by atoms with van der Waals surface area (Å²) in [5.41, 5.74) is 7.06. The predicted molar refractivity (Wildman–Crippen MR) is 76.8 cm³/mol. The van der Waals surface area contributed by atoms with Gasteiger partial charge >= 0.3 is 0 Å². The fraction of sp³-hybridized carbons (Fsp3) is 0.429. The Bertz CT molecular complexity index is 698. The van der Waals surface area contributed by atoms with Crippen LogP contribution in [0.25, 0.3) is 0 Å². The standard InChI is InChI=1S/C14H16N6O2/c15-13-2-1-9(5-16-13)14(21)19-4-3-12-11(7-19)20-10(8-22-12)6-17-18-20/h1-2,5-6,11-12H,3-4,7-8H2,(H2,15,16)/t11-,12+/m0/s1. The summed E-state index contributed by atoms with van der Waals surface area (Å²) in [6, 6.07) is 3.36. The minimum absolute atomic E-state index is 0.0192. The van der Waals surface area contributed by atoms with E-state index in [4.69, 9.17) is 10.5 Å². The van der Waals surface area contributed by atoms with Gasteiger partial charge in [-0.25, -0.2) is 9.67 Å². The van der Waals surface area contributed by atoms with Gasteiger partial charge in [0.2, 0.25) is 0 Å². The minimum atomic E-state index is -0.0433. The number of hydrogen-bond donors (Lipinski definition) is 1. The maximum atomic E-state index is 12.6. The molecule has 22 heavy (non-hydrogen) atoms. The van der Waals surface area contributed by atoms with Gasteiger partial charge in [0.15, 0.2) is 0 Å². The molecule has 0 saturated carbocycles. The van der Waals surface area contributed by atoms with Crippen LogP contribution in [0.4, 0.5) is 5.82 Å². The summed E-state index contributed by atoms with van der Waals surface area (Å²) in [4.78, 5) is 18.4. The maximum Gasteiger partial charge on any atom is 0.255 e. The largest absolute Gasteiger partial charge is 0.384 e. The molecule has 4 rings (SSSR count). The Morgan fingerprint density at radius 1 is 1.36 bits per heavy atom. The van der Waals surface area contributed by atoms with E-state index in [1.165, 1.54) is 6.20 Å². The van der Waals surface area contributed by atoms with E-state index < -0.39 is 0 Å². The average molecular weight is 300 g/mol. The van der Waals surface area contributed by atoms with Crippen LogP contribution in [0.3, 0.4) is 0 Å². The number of aromatic nitrogens is 4. The number of hydrogen-bond acceptors (Lipinski definition) is 6. The number of nitrogen functional groups attached to an aromatic ring is 1. The van der Waals surface area contributed by atoms with Gasteiger partial charge in [0.1, 0.15) is 5.82 Å². The Labute approximate surface area is 126 Å². The molecule has 1 saturated heterocycles. The molecule has 2 aliphatic heterocycles. The average Bonchev–Trinajstić information content (AvgIpc) is 3.03. The fourth-order valence-corrected chi connectivity index (χ4v) is 3.08. The Morgan fingerprint density at radius 2 is 2.27 bits per heavy atom. The van der Waals surface area contributed by atoms with Crippen molar-refractivity contribution in [1.29, 1.82) is 0 Å². The van der Waals surface area contributed by atoms with Crippen molar-refractivity contribution in [3.8, 4) is 0 Å². The van der Waals surface area contributed by atoms with Gasteiger partial charge in [0.25, 0.3) is 5.91 Å². The summed E-state index contributed by atoms with van der Waals surface area (Å²) in [5, 5.41) is 8.08. The molecule has 4 heterocycles. The number of nitrogens with zero attached hydrogens (tertiary/aromatic N) is 5. The van der Waals surface area contributed by atoms with E-state index in [2.05, 4.69) is 15.3 Å². The lowest BCUT2D eigenvalue weighted by Crippen LogP contribution is -2.49. The maximum absolute atomic E-state index is 12.6. The van der Waals surface area contributed by atoms with Crippen molar-refractivity contribution >= 4 is 11.7 Å². The first kappa shape index (κ1) is 13.2. The van der Waals surface area contributed by atoms with E-state index in [1.54, 1.807) is 18.3 Å². The number of nitrogens with two attached hydrogens (primary N) is 1. The summed E-state index contributed by atoms with van der Waals surface area (Å²) in [5.74, 6) is 0.362. The molecular weight excluding hydrogens is 284 g/mol. The number of pyridine rings is 1.